The molecule has 2 aromatic heterocycles. The van der Waals surface area contributed by atoms with Crippen molar-refractivity contribution in [3.63, 3.8) is 0 Å². The van der Waals surface area contributed by atoms with Gasteiger partial charge in [-0.25, -0.2) is 9.37 Å². The van der Waals surface area contributed by atoms with E-state index in [1.165, 1.54) is 35.6 Å². The van der Waals surface area contributed by atoms with E-state index in [0.717, 1.165) is 9.88 Å². The lowest BCUT2D eigenvalue weighted by atomic mass is 10.2. The van der Waals surface area contributed by atoms with Crippen molar-refractivity contribution in [3.05, 3.63) is 45.5 Å². The first-order valence-corrected chi connectivity index (χ1v) is 7.19. The number of hydrogen-bond donors (Lipinski definition) is 1. The zero-order valence-corrected chi connectivity index (χ0v) is 12.6. The molecule has 0 saturated heterocycles. The highest BCUT2D eigenvalue weighted by atomic mass is 32.1. The third-order valence-electron chi connectivity index (χ3n) is 2.86. The summed E-state index contributed by atoms with van der Waals surface area (Å²) in [5.74, 6) is -0.622. The largest absolute Gasteiger partial charge is 0.401 e. The Labute approximate surface area is 129 Å². The van der Waals surface area contributed by atoms with Gasteiger partial charge >= 0.3 is 6.01 Å². The molecule has 1 N–H and O–H groups in total. The Balaban J connectivity index is 1.78. The van der Waals surface area contributed by atoms with E-state index in [2.05, 4.69) is 20.5 Å². The summed E-state index contributed by atoms with van der Waals surface area (Å²) in [5.41, 5.74) is 0.902. The van der Waals surface area contributed by atoms with Crippen LogP contribution in [0.3, 0.4) is 0 Å². The fourth-order valence-corrected chi connectivity index (χ4v) is 2.68. The van der Waals surface area contributed by atoms with Crippen LogP contribution in [0.25, 0.3) is 11.6 Å². The van der Waals surface area contributed by atoms with E-state index in [4.69, 9.17) is 4.42 Å². The molecular weight excluding hydrogens is 307 g/mol. The van der Waals surface area contributed by atoms with E-state index in [1.807, 2.05) is 13.8 Å². The van der Waals surface area contributed by atoms with Gasteiger partial charge in [-0.2, -0.15) is 0 Å². The predicted octanol–water partition coefficient (Wildman–Crippen LogP) is 3.20. The molecule has 6 nitrogen and oxygen atoms in total. The highest BCUT2D eigenvalue weighted by molar-refractivity contribution is 7.11. The van der Waals surface area contributed by atoms with Crippen LogP contribution in [0, 0.1) is 19.7 Å². The van der Waals surface area contributed by atoms with Crippen molar-refractivity contribution in [2.24, 2.45) is 0 Å². The van der Waals surface area contributed by atoms with Crippen LogP contribution >= 0.6 is 11.3 Å². The molecule has 112 valence electrons. The SMILES string of the molecule is Cc1nc(-c2nnc(NC(=O)c3ccc(F)cc3)o2)c(C)s1. The van der Waals surface area contributed by atoms with Gasteiger partial charge in [-0.15, -0.1) is 16.4 Å². The first kappa shape index (κ1) is 14.3. The number of carbonyl (C=O) groups is 1. The molecule has 3 aromatic rings. The summed E-state index contributed by atoms with van der Waals surface area (Å²) >= 11 is 1.52. The molecule has 0 bridgehead atoms. The van der Waals surface area contributed by atoms with E-state index in [0.29, 0.717) is 11.3 Å². The third kappa shape index (κ3) is 2.86. The number of amides is 1. The number of thiazole rings is 1. The fourth-order valence-electron chi connectivity index (χ4n) is 1.87. The monoisotopic (exact) mass is 318 g/mol. The predicted molar refractivity (Wildman–Crippen MR) is 79.2 cm³/mol. The molecule has 0 spiro atoms. The fraction of sp³-hybridized carbons (Fsp3) is 0.143. The second-order valence-corrected chi connectivity index (χ2v) is 5.92. The van der Waals surface area contributed by atoms with Crippen molar-refractivity contribution in [3.8, 4) is 11.6 Å². The number of aromatic nitrogens is 3. The highest BCUT2D eigenvalue weighted by Crippen LogP contribution is 2.27. The van der Waals surface area contributed by atoms with Gasteiger partial charge in [0.15, 0.2) is 0 Å². The van der Waals surface area contributed by atoms with Crippen LogP contribution in [0.15, 0.2) is 28.7 Å². The van der Waals surface area contributed by atoms with Crippen LogP contribution < -0.4 is 5.32 Å². The van der Waals surface area contributed by atoms with Gasteiger partial charge in [0.25, 0.3) is 11.8 Å². The summed E-state index contributed by atoms with van der Waals surface area (Å²) in [6, 6.07) is 5.12. The molecule has 0 atom stereocenters. The number of aryl methyl sites for hydroxylation is 2. The van der Waals surface area contributed by atoms with Crippen LogP contribution in [0.2, 0.25) is 0 Å². The third-order valence-corrected chi connectivity index (χ3v) is 3.74. The molecule has 0 radical (unpaired) electrons. The standard InChI is InChI=1S/C14H11FN4O2S/c1-7-11(16-8(2)22-7)13-18-19-14(21-13)17-12(20)9-3-5-10(15)6-4-9/h3-6H,1-2H3,(H,17,19,20). The maximum Gasteiger partial charge on any atom is 0.322 e. The van der Waals surface area contributed by atoms with E-state index in [-0.39, 0.29) is 11.9 Å². The molecule has 3 rings (SSSR count). The molecule has 22 heavy (non-hydrogen) atoms. The molecular formula is C14H11FN4O2S. The molecule has 0 aliphatic rings. The van der Waals surface area contributed by atoms with E-state index in [1.54, 1.807) is 0 Å². The number of nitrogens with zero attached hydrogens (tertiary/aromatic N) is 3. The van der Waals surface area contributed by atoms with Crippen LogP contribution in [-0.4, -0.2) is 21.1 Å². The van der Waals surface area contributed by atoms with Gasteiger partial charge < -0.3 is 4.42 Å². The number of hydrogen-bond acceptors (Lipinski definition) is 6. The normalized spacial score (nSPS) is 10.7. The van der Waals surface area contributed by atoms with Gasteiger partial charge in [0, 0.05) is 10.4 Å². The first-order chi connectivity index (χ1) is 10.5. The van der Waals surface area contributed by atoms with Gasteiger partial charge in [0.05, 0.1) is 5.01 Å². The number of nitrogens with one attached hydrogen (secondary N) is 1. The van der Waals surface area contributed by atoms with Crippen molar-refractivity contribution >= 4 is 23.3 Å². The van der Waals surface area contributed by atoms with Gasteiger partial charge in [-0.1, -0.05) is 5.10 Å². The maximum atomic E-state index is 12.8. The molecule has 0 unspecified atom stereocenters. The van der Waals surface area contributed by atoms with Gasteiger partial charge in [0.1, 0.15) is 11.5 Å². The second-order valence-electron chi connectivity index (χ2n) is 4.51. The Kier molecular flexibility index (Phi) is 3.68. The minimum atomic E-state index is -0.457. The topological polar surface area (TPSA) is 80.9 Å². The van der Waals surface area contributed by atoms with Crippen molar-refractivity contribution in [1.29, 1.82) is 0 Å². The Morgan fingerprint density at radius 3 is 2.59 bits per heavy atom. The molecule has 0 aliphatic heterocycles. The van der Waals surface area contributed by atoms with Crippen molar-refractivity contribution in [2.75, 3.05) is 5.32 Å². The molecule has 1 amide bonds. The summed E-state index contributed by atoms with van der Waals surface area (Å²) in [4.78, 5) is 17.2. The summed E-state index contributed by atoms with van der Waals surface area (Å²) in [6.07, 6.45) is 0. The van der Waals surface area contributed by atoms with Crippen LogP contribution in [-0.2, 0) is 0 Å². The maximum absolute atomic E-state index is 12.8. The average molecular weight is 318 g/mol. The quantitative estimate of drug-likeness (QED) is 0.802. The molecule has 0 aliphatic carbocycles. The first-order valence-electron chi connectivity index (χ1n) is 6.38. The van der Waals surface area contributed by atoms with Gasteiger partial charge in [0.2, 0.25) is 0 Å². The zero-order valence-electron chi connectivity index (χ0n) is 11.8. The van der Waals surface area contributed by atoms with Crippen molar-refractivity contribution in [2.45, 2.75) is 13.8 Å². The summed E-state index contributed by atoms with van der Waals surface area (Å²) in [7, 11) is 0. The number of rotatable bonds is 3. The molecule has 1 aromatic carbocycles. The number of halogens is 1. The Morgan fingerprint density at radius 1 is 1.23 bits per heavy atom. The van der Waals surface area contributed by atoms with Crippen LogP contribution in [0.5, 0.6) is 0 Å². The minimum absolute atomic E-state index is 0.0330. The van der Waals surface area contributed by atoms with E-state index in [9.17, 15) is 9.18 Å². The number of benzene rings is 1. The van der Waals surface area contributed by atoms with Crippen molar-refractivity contribution in [1.82, 2.24) is 15.2 Å². The zero-order chi connectivity index (χ0) is 15.7. The van der Waals surface area contributed by atoms with Gasteiger partial charge in [-0.3, -0.25) is 10.1 Å². The van der Waals surface area contributed by atoms with Crippen LogP contribution in [0.4, 0.5) is 10.4 Å². The molecule has 0 saturated carbocycles. The average Bonchev–Trinajstić information content (AvgIpc) is 3.06. The smallest absolute Gasteiger partial charge is 0.322 e. The summed E-state index contributed by atoms with van der Waals surface area (Å²) in [6.45, 7) is 3.79. The molecule has 2 heterocycles. The molecule has 0 fully saturated rings. The highest BCUT2D eigenvalue weighted by Gasteiger charge is 2.16. The summed E-state index contributed by atoms with van der Waals surface area (Å²) < 4.78 is 18.2. The van der Waals surface area contributed by atoms with E-state index < -0.39 is 11.7 Å². The summed E-state index contributed by atoms with van der Waals surface area (Å²) in [5, 5.41) is 11.0. The lowest BCUT2D eigenvalue weighted by Crippen LogP contribution is -2.12. The second kappa shape index (κ2) is 5.64. The lowest BCUT2D eigenvalue weighted by Gasteiger charge is -1.99. The lowest BCUT2D eigenvalue weighted by molar-refractivity contribution is 0.102. The van der Waals surface area contributed by atoms with E-state index >= 15 is 0 Å². The minimum Gasteiger partial charge on any atom is -0.401 e. The molecule has 8 heteroatoms. The Hall–Kier alpha value is -2.61. The van der Waals surface area contributed by atoms with Gasteiger partial charge in [-0.05, 0) is 38.1 Å². The van der Waals surface area contributed by atoms with Crippen LogP contribution in [0.1, 0.15) is 20.2 Å². The number of anilines is 1. The Morgan fingerprint density at radius 2 is 1.95 bits per heavy atom. The number of carbonyl (C=O) groups excluding carboxylic acids is 1. The van der Waals surface area contributed by atoms with Crippen molar-refractivity contribution < 1.29 is 13.6 Å². The Bertz CT molecular complexity index is 826.